The zero-order valence-electron chi connectivity index (χ0n) is 10.9. The number of ether oxygens (including phenoxy) is 1. The first kappa shape index (κ1) is 11.3. The lowest BCUT2D eigenvalue weighted by molar-refractivity contribution is 0.175. The van der Waals surface area contributed by atoms with Crippen molar-refractivity contribution in [2.45, 2.75) is 32.8 Å². The monoisotopic (exact) mass is 238 g/mol. The predicted molar refractivity (Wildman–Crippen MR) is 74.0 cm³/mol. The van der Waals surface area contributed by atoms with Gasteiger partial charge in [-0.3, -0.25) is 0 Å². The second kappa shape index (κ2) is 4.49. The van der Waals surface area contributed by atoms with Gasteiger partial charge >= 0.3 is 0 Å². The van der Waals surface area contributed by atoms with E-state index in [4.69, 9.17) is 4.74 Å². The van der Waals surface area contributed by atoms with Crippen LogP contribution < -0.4 is 4.74 Å². The third-order valence-corrected chi connectivity index (χ3v) is 3.60. The van der Waals surface area contributed by atoms with E-state index in [-0.39, 0.29) is 6.10 Å². The van der Waals surface area contributed by atoms with Gasteiger partial charge in [0.05, 0.1) is 0 Å². The van der Waals surface area contributed by atoms with Crippen LogP contribution >= 0.6 is 0 Å². The fourth-order valence-corrected chi connectivity index (χ4v) is 2.79. The fraction of sp³-hybridized carbons (Fsp3) is 0.294. The molecule has 0 aromatic heterocycles. The molecule has 1 unspecified atom stereocenters. The fourth-order valence-electron chi connectivity index (χ4n) is 2.79. The number of fused-ring (bicyclic) bond motifs is 1. The van der Waals surface area contributed by atoms with Crippen LogP contribution in [0.25, 0.3) is 0 Å². The average molecular weight is 238 g/mol. The van der Waals surface area contributed by atoms with Gasteiger partial charge in [0.1, 0.15) is 11.9 Å². The Kier molecular flexibility index (Phi) is 2.83. The third kappa shape index (κ3) is 2.01. The SMILES string of the molecule is Cc1cc(C)c2c(c1)CCC(c1ccccc1)O2. The normalized spacial score (nSPS) is 18.0. The lowest BCUT2D eigenvalue weighted by atomic mass is 9.94. The van der Waals surface area contributed by atoms with Gasteiger partial charge in [0.15, 0.2) is 0 Å². The standard InChI is InChI=1S/C17H18O/c1-12-10-13(2)17-15(11-12)8-9-16(18-17)14-6-4-3-5-7-14/h3-7,10-11,16H,8-9H2,1-2H3. The van der Waals surface area contributed by atoms with E-state index in [0.29, 0.717) is 0 Å². The minimum Gasteiger partial charge on any atom is -0.485 e. The third-order valence-electron chi connectivity index (χ3n) is 3.60. The van der Waals surface area contributed by atoms with E-state index in [1.54, 1.807) is 0 Å². The lowest BCUT2D eigenvalue weighted by Gasteiger charge is -2.28. The van der Waals surface area contributed by atoms with Gasteiger partial charge in [-0.15, -0.1) is 0 Å². The van der Waals surface area contributed by atoms with Gasteiger partial charge in [-0.1, -0.05) is 48.0 Å². The van der Waals surface area contributed by atoms with Crippen LogP contribution in [0.2, 0.25) is 0 Å². The molecule has 1 aliphatic rings. The maximum Gasteiger partial charge on any atom is 0.126 e. The van der Waals surface area contributed by atoms with Crippen LogP contribution in [0.5, 0.6) is 5.75 Å². The molecule has 3 rings (SSSR count). The van der Waals surface area contributed by atoms with Crippen molar-refractivity contribution in [3.8, 4) is 5.75 Å². The Labute approximate surface area is 108 Å². The molecule has 2 aromatic rings. The van der Waals surface area contributed by atoms with Gasteiger partial charge in [-0.25, -0.2) is 0 Å². The summed E-state index contributed by atoms with van der Waals surface area (Å²) < 4.78 is 6.20. The van der Waals surface area contributed by atoms with Crippen LogP contribution in [-0.2, 0) is 6.42 Å². The van der Waals surface area contributed by atoms with Crippen molar-refractivity contribution in [2.75, 3.05) is 0 Å². The molecular weight excluding hydrogens is 220 g/mol. The minimum absolute atomic E-state index is 0.208. The molecule has 1 aliphatic heterocycles. The molecule has 0 amide bonds. The molecule has 92 valence electrons. The van der Waals surface area contributed by atoms with Gasteiger partial charge in [0, 0.05) is 0 Å². The zero-order chi connectivity index (χ0) is 12.5. The van der Waals surface area contributed by atoms with Crippen molar-refractivity contribution in [2.24, 2.45) is 0 Å². The number of hydrogen-bond acceptors (Lipinski definition) is 1. The summed E-state index contributed by atoms with van der Waals surface area (Å²) >= 11 is 0. The summed E-state index contributed by atoms with van der Waals surface area (Å²) in [5.41, 5.74) is 5.22. The summed E-state index contributed by atoms with van der Waals surface area (Å²) in [5, 5.41) is 0. The Morgan fingerprint density at radius 3 is 2.61 bits per heavy atom. The number of hydrogen-bond donors (Lipinski definition) is 0. The Morgan fingerprint density at radius 2 is 1.83 bits per heavy atom. The summed E-state index contributed by atoms with van der Waals surface area (Å²) in [5.74, 6) is 1.10. The first-order chi connectivity index (χ1) is 8.74. The minimum atomic E-state index is 0.208. The Hall–Kier alpha value is -1.76. The quantitative estimate of drug-likeness (QED) is 0.716. The van der Waals surface area contributed by atoms with Gasteiger partial charge < -0.3 is 4.74 Å². The molecule has 0 radical (unpaired) electrons. The van der Waals surface area contributed by atoms with E-state index in [0.717, 1.165) is 18.6 Å². The molecule has 1 nitrogen and oxygen atoms in total. The van der Waals surface area contributed by atoms with E-state index in [1.165, 1.54) is 22.3 Å². The summed E-state index contributed by atoms with van der Waals surface area (Å²) in [6.07, 6.45) is 2.39. The van der Waals surface area contributed by atoms with Crippen molar-refractivity contribution in [1.29, 1.82) is 0 Å². The molecule has 1 heteroatoms. The Morgan fingerprint density at radius 1 is 1.06 bits per heavy atom. The van der Waals surface area contributed by atoms with Crippen molar-refractivity contribution >= 4 is 0 Å². The van der Waals surface area contributed by atoms with E-state index in [1.807, 2.05) is 0 Å². The van der Waals surface area contributed by atoms with Crippen LogP contribution in [0, 0.1) is 13.8 Å². The van der Waals surface area contributed by atoms with Crippen molar-refractivity contribution in [3.63, 3.8) is 0 Å². The molecular formula is C17H18O. The number of aryl methyl sites for hydroxylation is 3. The maximum atomic E-state index is 6.20. The van der Waals surface area contributed by atoms with Crippen LogP contribution in [0.3, 0.4) is 0 Å². The first-order valence-electron chi connectivity index (χ1n) is 6.56. The molecule has 0 N–H and O–H groups in total. The summed E-state index contributed by atoms with van der Waals surface area (Å²) in [4.78, 5) is 0. The highest BCUT2D eigenvalue weighted by Gasteiger charge is 2.22. The molecule has 18 heavy (non-hydrogen) atoms. The summed E-state index contributed by atoms with van der Waals surface area (Å²) in [7, 11) is 0. The summed E-state index contributed by atoms with van der Waals surface area (Å²) in [6.45, 7) is 4.29. The molecule has 0 aliphatic carbocycles. The molecule has 0 bridgehead atoms. The second-order valence-electron chi connectivity index (χ2n) is 5.13. The van der Waals surface area contributed by atoms with Gasteiger partial charge in [0.2, 0.25) is 0 Å². The molecule has 0 saturated heterocycles. The lowest BCUT2D eigenvalue weighted by Crippen LogP contribution is -2.16. The van der Waals surface area contributed by atoms with Gasteiger partial charge in [0.25, 0.3) is 0 Å². The Balaban J connectivity index is 1.94. The zero-order valence-corrected chi connectivity index (χ0v) is 10.9. The number of benzene rings is 2. The molecule has 1 atom stereocenters. The summed E-state index contributed by atoms with van der Waals surface area (Å²) in [6, 6.07) is 15.0. The van der Waals surface area contributed by atoms with Crippen molar-refractivity contribution in [1.82, 2.24) is 0 Å². The highest BCUT2D eigenvalue weighted by molar-refractivity contribution is 5.45. The number of rotatable bonds is 1. The van der Waals surface area contributed by atoms with Gasteiger partial charge in [-0.05, 0) is 43.4 Å². The molecule has 0 fully saturated rings. The van der Waals surface area contributed by atoms with E-state index in [9.17, 15) is 0 Å². The van der Waals surface area contributed by atoms with Crippen LogP contribution in [-0.4, -0.2) is 0 Å². The van der Waals surface area contributed by atoms with Crippen molar-refractivity contribution < 1.29 is 4.74 Å². The Bertz CT molecular complexity index is 557. The highest BCUT2D eigenvalue weighted by atomic mass is 16.5. The van der Waals surface area contributed by atoms with Gasteiger partial charge in [-0.2, -0.15) is 0 Å². The smallest absolute Gasteiger partial charge is 0.126 e. The van der Waals surface area contributed by atoms with Crippen LogP contribution in [0.1, 0.15) is 34.8 Å². The molecule has 1 heterocycles. The first-order valence-corrected chi connectivity index (χ1v) is 6.56. The molecule has 0 spiro atoms. The average Bonchev–Trinajstić information content (AvgIpc) is 2.39. The van der Waals surface area contributed by atoms with Crippen LogP contribution in [0.15, 0.2) is 42.5 Å². The van der Waals surface area contributed by atoms with Crippen molar-refractivity contribution in [3.05, 3.63) is 64.7 Å². The molecule has 2 aromatic carbocycles. The topological polar surface area (TPSA) is 9.23 Å². The second-order valence-corrected chi connectivity index (χ2v) is 5.13. The maximum absolute atomic E-state index is 6.20. The van der Waals surface area contributed by atoms with E-state index >= 15 is 0 Å². The molecule has 0 saturated carbocycles. The largest absolute Gasteiger partial charge is 0.485 e. The van der Waals surface area contributed by atoms with E-state index < -0.39 is 0 Å². The van der Waals surface area contributed by atoms with E-state index in [2.05, 4.69) is 56.3 Å². The predicted octanol–water partition coefficient (Wildman–Crippen LogP) is 4.37. The highest BCUT2D eigenvalue weighted by Crippen LogP contribution is 2.37. The van der Waals surface area contributed by atoms with Crippen LogP contribution in [0.4, 0.5) is 0 Å².